The van der Waals surface area contributed by atoms with Crippen LogP contribution in [0.15, 0.2) is 144 Å². The number of hydrogen-bond acceptors (Lipinski definition) is 4. The molecule has 0 saturated carbocycles. The van der Waals surface area contributed by atoms with Gasteiger partial charge in [0.05, 0.1) is 0 Å². The smallest absolute Gasteiger partial charge is 0.164 e. The Balaban J connectivity index is 1.29. The predicted molar refractivity (Wildman–Crippen MR) is 166 cm³/mol. The van der Waals surface area contributed by atoms with Gasteiger partial charge in [0, 0.05) is 32.8 Å². The minimum Gasteiger partial charge on any atom is -0.455 e. The van der Waals surface area contributed by atoms with Gasteiger partial charge in [0.15, 0.2) is 17.5 Å². The number of aromatic nitrogens is 3. The molecule has 0 amide bonds. The van der Waals surface area contributed by atoms with Crippen LogP contribution in [0.1, 0.15) is 0 Å². The van der Waals surface area contributed by atoms with E-state index in [-0.39, 0.29) is 0 Å². The number of furan rings is 1. The fourth-order valence-electron chi connectivity index (χ4n) is 5.47. The van der Waals surface area contributed by atoms with Crippen LogP contribution < -0.4 is 0 Å². The molecule has 41 heavy (non-hydrogen) atoms. The summed E-state index contributed by atoms with van der Waals surface area (Å²) in [4.78, 5) is 14.9. The van der Waals surface area contributed by atoms with Crippen molar-refractivity contribution in [3.63, 3.8) is 0 Å². The van der Waals surface area contributed by atoms with E-state index >= 15 is 0 Å². The van der Waals surface area contributed by atoms with Crippen molar-refractivity contribution in [2.75, 3.05) is 0 Å². The molecule has 0 N–H and O–H groups in total. The van der Waals surface area contributed by atoms with Crippen molar-refractivity contribution in [3.8, 4) is 45.3 Å². The molecule has 8 aromatic rings. The van der Waals surface area contributed by atoms with E-state index in [2.05, 4.69) is 84.9 Å². The van der Waals surface area contributed by atoms with E-state index in [0.29, 0.717) is 17.5 Å². The first-order chi connectivity index (χ1) is 20.3. The van der Waals surface area contributed by atoms with Crippen molar-refractivity contribution in [3.05, 3.63) is 140 Å². The third kappa shape index (κ3) is 4.14. The summed E-state index contributed by atoms with van der Waals surface area (Å²) in [5.41, 5.74) is 6.87. The fourth-order valence-corrected chi connectivity index (χ4v) is 5.47. The summed E-state index contributed by atoms with van der Waals surface area (Å²) in [5, 5.41) is 4.38. The molecule has 0 aliphatic carbocycles. The van der Waals surface area contributed by atoms with Crippen molar-refractivity contribution in [1.29, 1.82) is 0 Å². The SMILES string of the molecule is c1ccc(-c2cccc(-c3nc(-c4ccccc4)nc(-c4ccc5c(ccc6c7ccccc7oc56)c4)n3)c2)cc1. The summed E-state index contributed by atoms with van der Waals surface area (Å²) in [7, 11) is 0. The van der Waals surface area contributed by atoms with Gasteiger partial charge in [-0.05, 0) is 46.8 Å². The number of nitrogens with zero attached hydrogens (tertiary/aromatic N) is 3. The predicted octanol–water partition coefficient (Wildman–Crippen LogP) is 9.59. The largest absolute Gasteiger partial charge is 0.455 e. The summed E-state index contributed by atoms with van der Waals surface area (Å²) in [6, 6.07) is 47.5. The summed E-state index contributed by atoms with van der Waals surface area (Å²) in [5.74, 6) is 1.91. The second-order valence-electron chi connectivity index (χ2n) is 10.1. The van der Waals surface area contributed by atoms with E-state index in [1.165, 1.54) is 0 Å². The zero-order chi connectivity index (χ0) is 27.2. The van der Waals surface area contributed by atoms with Gasteiger partial charge in [-0.15, -0.1) is 0 Å². The van der Waals surface area contributed by atoms with Crippen LogP contribution in [0.2, 0.25) is 0 Å². The van der Waals surface area contributed by atoms with Crippen LogP contribution in [0, 0.1) is 0 Å². The Bertz CT molecular complexity index is 2200. The van der Waals surface area contributed by atoms with Gasteiger partial charge in [-0.25, -0.2) is 15.0 Å². The molecule has 2 heterocycles. The number of fused-ring (bicyclic) bond motifs is 5. The first-order valence-electron chi connectivity index (χ1n) is 13.6. The van der Waals surface area contributed by atoms with Gasteiger partial charge in [0.1, 0.15) is 11.2 Å². The Labute approximate surface area is 236 Å². The molecule has 2 aromatic heterocycles. The number of para-hydroxylation sites is 1. The normalized spacial score (nSPS) is 11.4. The zero-order valence-electron chi connectivity index (χ0n) is 22.0. The average Bonchev–Trinajstić information content (AvgIpc) is 3.44. The van der Waals surface area contributed by atoms with Crippen molar-refractivity contribution < 1.29 is 4.42 Å². The fraction of sp³-hybridized carbons (Fsp3) is 0. The Hall–Kier alpha value is -5.61. The lowest BCUT2D eigenvalue weighted by molar-refractivity contribution is 0.672. The Morgan fingerprint density at radius 1 is 0.366 bits per heavy atom. The van der Waals surface area contributed by atoms with Crippen molar-refractivity contribution >= 4 is 32.7 Å². The lowest BCUT2D eigenvalue weighted by atomic mass is 10.0. The van der Waals surface area contributed by atoms with Gasteiger partial charge >= 0.3 is 0 Å². The molecule has 0 spiro atoms. The topological polar surface area (TPSA) is 51.8 Å². The molecule has 0 unspecified atom stereocenters. The Morgan fingerprint density at radius 3 is 1.73 bits per heavy atom. The van der Waals surface area contributed by atoms with Gasteiger partial charge < -0.3 is 4.42 Å². The van der Waals surface area contributed by atoms with Gasteiger partial charge in [0.2, 0.25) is 0 Å². The number of hydrogen-bond donors (Lipinski definition) is 0. The highest BCUT2D eigenvalue weighted by molar-refractivity contribution is 6.15. The highest BCUT2D eigenvalue weighted by atomic mass is 16.3. The lowest BCUT2D eigenvalue weighted by Crippen LogP contribution is -2.00. The van der Waals surface area contributed by atoms with E-state index in [0.717, 1.165) is 60.5 Å². The average molecular weight is 526 g/mol. The molecule has 0 fully saturated rings. The molecule has 6 aromatic carbocycles. The van der Waals surface area contributed by atoms with E-state index in [1.807, 2.05) is 54.6 Å². The van der Waals surface area contributed by atoms with Crippen molar-refractivity contribution in [2.45, 2.75) is 0 Å². The molecule has 0 aliphatic heterocycles. The Kier molecular flexibility index (Phi) is 5.42. The number of benzene rings is 6. The molecule has 8 rings (SSSR count). The van der Waals surface area contributed by atoms with Gasteiger partial charge in [-0.1, -0.05) is 109 Å². The molecular formula is C37H23N3O. The molecule has 0 saturated heterocycles. The highest BCUT2D eigenvalue weighted by Gasteiger charge is 2.15. The van der Waals surface area contributed by atoms with Crippen molar-refractivity contribution in [1.82, 2.24) is 15.0 Å². The molecule has 4 heteroatoms. The molecule has 0 radical (unpaired) electrons. The minimum atomic E-state index is 0.630. The first kappa shape index (κ1) is 23.3. The molecule has 0 atom stereocenters. The van der Waals surface area contributed by atoms with E-state index in [1.54, 1.807) is 0 Å². The van der Waals surface area contributed by atoms with Crippen LogP contribution >= 0.6 is 0 Å². The zero-order valence-corrected chi connectivity index (χ0v) is 22.0. The van der Waals surface area contributed by atoms with Crippen LogP contribution in [0.3, 0.4) is 0 Å². The molecule has 192 valence electrons. The molecule has 0 bridgehead atoms. The monoisotopic (exact) mass is 525 g/mol. The quantitative estimate of drug-likeness (QED) is 0.230. The maximum Gasteiger partial charge on any atom is 0.164 e. The Morgan fingerprint density at radius 2 is 0.951 bits per heavy atom. The second kappa shape index (κ2) is 9.54. The van der Waals surface area contributed by atoms with Crippen LogP contribution in [-0.2, 0) is 0 Å². The van der Waals surface area contributed by atoms with E-state index in [4.69, 9.17) is 19.4 Å². The van der Waals surface area contributed by atoms with Gasteiger partial charge in [0.25, 0.3) is 0 Å². The van der Waals surface area contributed by atoms with Gasteiger partial charge in [-0.3, -0.25) is 0 Å². The summed E-state index contributed by atoms with van der Waals surface area (Å²) >= 11 is 0. The van der Waals surface area contributed by atoms with E-state index in [9.17, 15) is 0 Å². The summed E-state index contributed by atoms with van der Waals surface area (Å²) < 4.78 is 6.27. The standard InChI is InChI=1S/C37H23N3O/c1-3-10-24(11-4-1)26-14-9-15-28(22-26)36-38-35(25-12-5-2-6-13-25)39-37(40-36)29-19-20-30-27(23-29)18-21-32-31-16-7-8-17-33(31)41-34(30)32/h1-23H. The lowest BCUT2D eigenvalue weighted by Gasteiger charge is -2.10. The van der Waals surface area contributed by atoms with Crippen LogP contribution in [0.4, 0.5) is 0 Å². The summed E-state index contributed by atoms with van der Waals surface area (Å²) in [6.07, 6.45) is 0. The highest BCUT2D eigenvalue weighted by Crippen LogP contribution is 2.36. The maximum absolute atomic E-state index is 6.27. The molecule has 0 aliphatic rings. The van der Waals surface area contributed by atoms with Crippen LogP contribution in [0.25, 0.3) is 78.0 Å². The molecule has 4 nitrogen and oxygen atoms in total. The third-order valence-corrected chi connectivity index (χ3v) is 7.51. The first-order valence-corrected chi connectivity index (χ1v) is 13.6. The van der Waals surface area contributed by atoms with Crippen LogP contribution in [0.5, 0.6) is 0 Å². The van der Waals surface area contributed by atoms with E-state index < -0.39 is 0 Å². The summed E-state index contributed by atoms with van der Waals surface area (Å²) in [6.45, 7) is 0. The molecular weight excluding hydrogens is 502 g/mol. The maximum atomic E-state index is 6.27. The van der Waals surface area contributed by atoms with Crippen LogP contribution in [-0.4, -0.2) is 15.0 Å². The minimum absolute atomic E-state index is 0.630. The number of rotatable bonds is 4. The second-order valence-corrected chi connectivity index (χ2v) is 10.1. The third-order valence-electron chi connectivity index (χ3n) is 7.51. The van der Waals surface area contributed by atoms with Gasteiger partial charge in [-0.2, -0.15) is 0 Å². The van der Waals surface area contributed by atoms with Crippen molar-refractivity contribution in [2.24, 2.45) is 0 Å².